The average Bonchev–Trinajstić information content (AvgIpc) is 2.56. The lowest BCUT2D eigenvalue weighted by atomic mass is 10.1. The number of rotatable bonds is 6. The van der Waals surface area contributed by atoms with Gasteiger partial charge in [-0.3, -0.25) is 14.5 Å². The SMILES string of the molecule is CCN(CC)C(=O)CN1CCN(c2ccc(C(C)=O)cc2F)CC1. The quantitative estimate of drug-likeness (QED) is 0.746. The van der Waals surface area contributed by atoms with Gasteiger partial charge in [-0.25, -0.2) is 4.39 Å². The highest BCUT2D eigenvalue weighted by molar-refractivity contribution is 5.94. The van der Waals surface area contributed by atoms with Crippen LogP contribution in [0.1, 0.15) is 31.1 Å². The number of halogens is 1. The summed E-state index contributed by atoms with van der Waals surface area (Å²) in [6.07, 6.45) is 0. The maximum atomic E-state index is 14.2. The van der Waals surface area contributed by atoms with Crippen LogP contribution in [0.15, 0.2) is 18.2 Å². The van der Waals surface area contributed by atoms with Crippen molar-refractivity contribution in [1.82, 2.24) is 9.80 Å². The van der Waals surface area contributed by atoms with Gasteiger partial charge in [0.2, 0.25) is 5.91 Å². The molecule has 1 amide bonds. The van der Waals surface area contributed by atoms with Gasteiger partial charge in [-0.15, -0.1) is 0 Å². The molecule has 0 atom stereocenters. The van der Waals surface area contributed by atoms with Crippen LogP contribution in [-0.2, 0) is 4.79 Å². The monoisotopic (exact) mass is 335 g/mol. The maximum Gasteiger partial charge on any atom is 0.236 e. The predicted octanol–water partition coefficient (Wildman–Crippen LogP) is 2.02. The van der Waals surface area contributed by atoms with Crippen molar-refractivity contribution in [2.75, 3.05) is 50.7 Å². The van der Waals surface area contributed by atoms with E-state index in [9.17, 15) is 14.0 Å². The third kappa shape index (κ3) is 4.32. The molecule has 132 valence electrons. The molecule has 2 rings (SSSR count). The second-order valence-corrected chi connectivity index (χ2v) is 6.05. The van der Waals surface area contributed by atoms with E-state index in [1.54, 1.807) is 12.1 Å². The van der Waals surface area contributed by atoms with Crippen molar-refractivity contribution in [3.63, 3.8) is 0 Å². The summed E-state index contributed by atoms with van der Waals surface area (Å²) < 4.78 is 14.2. The molecule has 0 radical (unpaired) electrons. The van der Waals surface area contributed by atoms with Gasteiger partial charge in [-0.05, 0) is 39.0 Å². The standard InChI is InChI=1S/C18H26FN3O2/c1-4-21(5-2)18(24)13-20-8-10-22(11-9-20)17-7-6-15(14(3)23)12-16(17)19/h6-7,12H,4-5,8-11,13H2,1-3H3. The molecule has 1 saturated heterocycles. The van der Waals surface area contributed by atoms with Crippen LogP contribution in [0.4, 0.5) is 10.1 Å². The average molecular weight is 335 g/mol. The fourth-order valence-electron chi connectivity index (χ4n) is 3.00. The molecule has 0 spiro atoms. The van der Waals surface area contributed by atoms with Gasteiger partial charge in [-0.2, -0.15) is 0 Å². The second-order valence-electron chi connectivity index (χ2n) is 6.05. The number of carbonyl (C=O) groups excluding carboxylic acids is 2. The van der Waals surface area contributed by atoms with Crippen molar-refractivity contribution in [1.29, 1.82) is 0 Å². The number of likely N-dealkylation sites (N-methyl/N-ethyl adjacent to an activating group) is 1. The summed E-state index contributed by atoms with van der Waals surface area (Å²) in [4.78, 5) is 29.4. The molecule has 1 fully saturated rings. The molecule has 6 heteroatoms. The number of piperazine rings is 1. The largest absolute Gasteiger partial charge is 0.367 e. The molecular weight excluding hydrogens is 309 g/mol. The normalized spacial score (nSPS) is 15.4. The van der Waals surface area contributed by atoms with Crippen LogP contribution in [0.2, 0.25) is 0 Å². The van der Waals surface area contributed by atoms with Crippen molar-refractivity contribution >= 4 is 17.4 Å². The molecule has 1 aromatic rings. The highest BCUT2D eigenvalue weighted by Crippen LogP contribution is 2.22. The van der Waals surface area contributed by atoms with Crippen LogP contribution in [0.3, 0.4) is 0 Å². The summed E-state index contributed by atoms with van der Waals surface area (Å²) in [6, 6.07) is 4.63. The Labute approximate surface area is 143 Å². The first kappa shape index (κ1) is 18.4. The number of hydrogen-bond donors (Lipinski definition) is 0. The number of amides is 1. The molecule has 5 nitrogen and oxygen atoms in total. The van der Waals surface area contributed by atoms with Gasteiger partial charge in [0.25, 0.3) is 0 Å². The van der Waals surface area contributed by atoms with Crippen molar-refractivity contribution < 1.29 is 14.0 Å². The summed E-state index contributed by atoms with van der Waals surface area (Å²) in [5.74, 6) is -0.360. The molecule has 0 bridgehead atoms. The Morgan fingerprint density at radius 2 is 1.75 bits per heavy atom. The zero-order valence-corrected chi connectivity index (χ0v) is 14.7. The number of ketones is 1. The summed E-state index contributed by atoms with van der Waals surface area (Å²) in [7, 11) is 0. The van der Waals surface area contributed by atoms with E-state index in [0.717, 1.165) is 26.2 Å². The summed E-state index contributed by atoms with van der Waals surface area (Å²) in [6.45, 7) is 10.0. The summed E-state index contributed by atoms with van der Waals surface area (Å²) in [5.41, 5.74) is 0.912. The van der Waals surface area contributed by atoms with Crippen LogP contribution < -0.4 is 4.90 Å². The Hall–Kier alpha value is -1.95. The van der Waals surface area contributed by atoms with Crippen LogP contribution in [-0.4, -0.2) is 67.3 Å². The van der Waals surface area contributed by atoms with Crippen LogP contribution >= 0.6 is 0 Å². The predicted molar refractivity (Wildman–Crippen MR) is 93.0 cm³/mol. The zero-order valence-electron chi connectivity index (χ0n) is 14.7. The highest BCUT2D eigenvalue weighted by atomic mass is 19.1. The number of carbonyl (C=O) groups is 2. The number of anilines is 1. The third-order valence-corrected chi connectivity index (χ3v) is 4.54. The van der Waals surface area contributed by atoms with Crippen LogP contribution in [0.5, 0.6) is 0 Å². The van der Waals surface area contributed by atoms with Gasteiger partial charge in [0.15, 0.2) is 5.78 Å². The number of benzene rings is 1. The Bertz CT molecular complexity index is 594. The minimum Gasteiger partial charge on any atom is -0.367 e. The Morgan fingerprint density at radius 1 is 1.12 bits per heavy atom. The molecular formula is C18H26FN3O2. The zero-order chi connectivity index (χ0) is 17.7. The van der Waals surface area contributed by atoms with E-state index in [0.29, 0.717) is 30.9 Å². The van der Waals surface area contributed by atoms with Gasteiger partial charge in [0, 0.05) is 44.8 Å². The van der Waals surface area contributed by atoms with Crippen LogP contribution in [0, 0.1) is 5.82 Å². The highest BCUT2D eigenvalue weighted by Gasteiger charge is 2.22. The van der Waals surface area contributed by atoms with Gasteiger partial charge < -0.3 is 9.80 Å². The fourth-order valence-corrected chi connectivity index (χ4v) is 3.00. The minimum atomic E-state index is -0.365. The molecule has 0 N–H and O–H groups in total. The first-order valence-corrected chi connectivity index (χ1v) is 8.51. The molecule has 1 heterocycles. The third-order valence-electron chi connectivity index (χ3n) is 4.54. The molecule has 1 aliphatic heterocycles. The first-order chi connectivity index (χ1) is 11.5. The fraction of sp³-hybridized carbons (Fsp3) is 0.556. The van der Waals surface area contributed by atoms with Crippen molar-refractivity contribution in [2.45, 2.75) is 20.8 Å². The van der Waals surface area contributed by atoms with E-state index in [-0.39, 0.29) is 17.5 Å². The molecule has 0 saturated carbocycles. The van der Waals surface area contributed by atoms with Crippen LogP contribution in [0.25, 0.3) is 0 Å². The Kier molecular flexibility index (Phi) is 6.31. The first-order valence-electron chi connectivity index (χ1n) is 8.51. The lowest BCUT2D eigenvalue weighted by Crippen LogP contribution is -2.50. The molecule has 1 aromatic carbocycles. The van der Waals surface area contributed by atoms with E-state index in [2.05, 4.69) is 4.90 Å². The Balaban J connectivity index is 1.93. The van der Waals surface area contributed by atoms with E-state index in [1.807, 2.05) is 23.6 Å². The lowest BCUT2D eigenvalue weighted by Gasteiger charge is -2.36. The minimum absolute atomic E-state index is 0.139. The summed E-state index contributed by atoms with van der Waals surface area (Å²) in [5, 5.41) is 0. The number of nitrogens with zero attached hydrogens (tertiary/aromatic N) is 3. The van der Waals surface area contributed by atoms with Crippen molar-refractivity contribution in [2.24, 2.45) is 0 Å². The molecule has 0 unspecified atom stereocenters. The number of Topliss-reactive ketones (excluding diaryl/α,β-unsaturated/α-hetero) is 1. The lowest BCUT2D eigenvalue weighted by molar-refractivity contribution is -0.132. The molecule has 1 aliphatic rings. The van der Waals surface area contributed by atoms with Gasteiger partial charge >= 0.3 is 0 Å². The molecule has 24 heavy (non-hydrogen) atoms. The van der Waals surface area contributed by atoms with Gasteiger partial charge in [0.05, 0.1) is 12.2 Å². The van der Waals surface area contributed by atoms with Crippen molar-refractivity contribution in [3.8, 4) is 0 Å². The Morgan fingerprint density at radius 3 is 2.25 bits per heavy atom. The van der Waals surface area contributed by atoms with Gasteiger partial charge in [0.1, 0.15) is 5.82 Å². The second kappa shape index (κ2) is 8.24. The van der Waals surface area contributed by atoms with Gasteiger partial charge in [-0.1, -0.05) is 0 Å². The maximum absolute atomic E-state index is 14.2. The smallest absolute Gasteiger partial charge is 0.236 e. The van der Waals surface area contributed by atoms with E-state index >= 15 is 0 Å². The van der Waals surface area contributed by atoms with E-state index in [4.69, 9.17) is 0 Å². The molecule has 0 aromatic heterocycles. The van der Waals surface area contributed by atoms with E-state index in [1.165, 1.54) is 13.0 Å². The van der Waals surface area contributed by atoms with Crippen molar-refractivity contribution in [3.05, 3.63) is 29.6 Å². The molecule has 0 aliphatic carbocycles. The van der Waals surface area contributed by atoms with E-state index < -0.39 is 0 Å². The topological polar surface area (TPSA) is 43.9 Å². The number of hydrogen-bond acceptors (Lipinski definition) is 4. The summed E-state index contributed by atoms with van der Waals surface area (Å²) >= 11 is 0.